The third kappa shape index (κ3) is 5.83. The third-order valence-corrected chi connectivity index (χ3v) is 13.4. The van der Waals surface area contributed by atoms with Crippen LogP contribution in [0.5, 0.6) is 0 Å². The summed E-state index contributed by atoms with van der Waals surface area (Å²) >= 11 is 0. The summed E-state index contributed by atoms with van der Waals surface area (Å²) in [6.07, 6.45) is 0.174. The van der Waals surface area contributed by atoms with E-state index in [1.165, 1.54) is 0 Å². The molecule has 0 unspecified atom stereocenters. The molecule has 11 nitrogen and oxygen atoms in total. The first-order valence-corrected chi connectivity index (χ1v) is 20.4. The number of amides is 4. The predicted molar refractivity (Wildman–Crippen MR) is 191 cm³/mol. The molecule has 0 bridgehead atoms. The van der Waals surface area contributed by atoms with Crippen LogP contribution in [0, 0.1) is 5.92 Å². The van der Waals surface area contributed by atoms with Crippen LogP contribution in [0.2, 0.25) is 18.6 Å². The summed E-state index contributed by atoms with van der Waals surface area (Å²) in [7, 11) is -3.06. The SMILES string of the molecule is C[C@@H]1[C@@H]([Si](C)(C)O)[C@H](CC(=O)N(CCO)Cc2ccccc2)O[C@@]12C(=O)N(Cc1ccc(N3CCC3=O)cc1)c1ccc(N3CCC3=O)cc12. The molecule has 4 heterocycles. The van der Waals surface area contributed by atoms with Crippen molar-refractivity contribution in [2.45, 2.75) is 69.6 Å². The van der Waals surface area contributed by atoms with E-state index in [9.17, 15) is 29.1 Å². The summed E-state index contributed by atoms with van der Waals surface area (Å²) < 4.78 is 6.94. The lowest BCUT2D eigenvalue weighted by atomic mass is 9.82. The summed E-state index contributed by atoms with van der Waals surface area (Å²) in [6, 6.07) is 22.8. The van der Waals surface area contributed by atoms with Gasteiger partial charge in [0.25, 0.3) is 5.91 Å². The number of ether oxygens (including phenoxy) is 1. The molecule has 0 saturated carbocycles. The maximum Gasteiger partial charge on any atom is 0.264 e. The van der Waals surface area contributed by atoms with Crippen molar-refractivity contribution in [3.8, 4) is 0 Å². The lowest BCUT2D eigenvalue weighted by Gasteiger charge is -2.34. The van der Waals surface area contributed by atoms with E-state index < -0.39 is 31.5 Å². The van der Waals surface area contributed by atoms with Crippen LogP contribution >= 0.6 is 0 Å². The number of nitrogens with zero attached hydrogens (tertiary/aromatic N) is 4. The van der Waals surface area contributed by atoms with Gasteiger partial charge in [-0.25, -0.2) is 0 Å². The highest BCUT2D eigenvalue weighted by Gasteiger charge is 2.66. The Morgan fingerprint density at radius 1 is 0.920 bits per heavy atom. The molecule has 0 aromatic heterocycles. The normalized spacial score (nSPS) is 24.5. The summed E-state index contributed by atoms with van der Waals surface area (Å²) in [5, 5.41) is 9.84. The van der Waals surface area contributed by atoms with Crippen LogP contribution in [-0.2, 0) is 42.6 Å². The van der Waals surface area contributed by atoms with Crippen molar-refractivity contribution in [1.82, 2.24) is 4.90 Å². The summed E-state index contributed by atoms with van der Waals surface area (Å²) in [6.45, 7) is 7.34. The van der Waals surface area contributed by atoms with E-state index in [-0.39, 0.29) is 49.7 Å². The largest absolute Gasteiger partial charge is 0.432 e. The molecule has 3 aromatic carbocycles. The summed E-state index contributed by atoms with van der Waals surface area (Å²) in [5.74, 6) is -0.906. The van der Waals surface area contributed by atoms with Gasteiger partial charge < -0.3 is 34.2 Å². The number of β-lactam (4-membered cyclic amide) rings is 2. The fourth-order valence-corrected chi connectivity index (χ4v) is 10.8. The fourth-order valence-electron chi connectivity index (χ4n) is 8.25. The monoisotopic (exact) mass is 696 g/mol. The van der Waals surface area contributed by atoms with Gasteiger partial charge in [-0.3, -0.25) is 19.2 Å². The molecule has 7 rings (SSSR count). The number of carbonyl (C=O) groups is 4. The van der Waals surface area contributed by atoms with Crippen molar-refractivity contribution >= 4 is 49.0 Å². The van der Waals surface area contributed by atoms with E-state index in [4.69, 9.17) is 4.74 Å². The molecule has 3 aromatic rings. The second kappa shape index (κ2) is 13.1. The molecular formula is C38H44N4O7Si. The standard InChI is InChI=1S/C38H44N4O7Si/c1-25-36(50(2,3)48)32(22-35(46)39(19-20-43)23-26-7-5-4-6-8-26)49-38(25)30-21-29(41-18-16-34(41)45)13-14-31(30)42(37(38)47)24-27-9-11-28(12-10-27)40-17-15-33(40)44/h4-14,21,25,32,36,43,48H,15-20,22-24H2,1-3H3/t25-,32+,36-,38+/m1/s1. The Balaban J connectivity index is 1.24. The zero-order valence-electron chi connectivity index (χ0n) is 28.7. The molecule has 12 heteroatoms. The molecule has 4 aliphatic heterocycles. The topological polar surface area (TPSA) is 131 Å². The number of hydrogen-bond donors (Lipinski definition) is 2. The van der Waals surface area contributed by atoms with Gasteiger partial charge in [0.2, 0.25) is 17.7 Å². The van der Waals surface area contributed by atoms with Crippen LogP contribution in [0.4, 0.5) is 17.1 Å². The molecule has 0 aliphatic carbocycles. The highest BCUT2D eigenvalue weighted by atomic mass is 28.4. The summed E-state index contributed by atoms with van der Waals surface area (Å²) in [4.78, 5) is 71.9. The van der Waals surface area contributed by atoms with Gasteiger partial charge in [0.05, 0.1) is 31.4 Å². The number of anilines is 3. The highest BCUT2D eigenvalue weighted by molar-refractivity contribution is 6.71. The molecule has 1 spiro atoms. The second-order valence-electron chi connectivity index (χ2n) is 14.4. The Morgan fingerprint density at radius 2 is 1.56 bits per heavy atom. The van der Waals surface area contributed by atoms with Crippen molar-refractivity contribution in [3.05, 3.63) is 89.5 Å². The number of hydrogen-bond acceptors (Lipinski definition) is 7. The minimum atomic E-state index is -3.06. The van der Waals surface area contributed by atoms with Crippen LogP contribution in [0.1, 0.15) is 42.9 Å². The van der Waals surface area contributed by atoms with Crippen LogP contribution in [-0.4, -0.2) is 79.1 Å². The predicted octanol–water partition coefficient (Wildman–Crippen LogP) is 3.92. The maximum atomic E-state index is 15.0. The molecule has 4 atom stereocenters. The number of fused-ring (bicyclic) bond motifs is 2. The first kappa shape index (κ1) is 34.1. The molecule has 0 radical (unpaired) electrons. The first-order valence-electron chi connectivity index (χ1n) is 17.4. The molecule has 50 heavy (non-hydrogen) atoms. The maximum absolute atomic E-state index is 15.0. The van der Waals surface area contributed by atoms with Gasteiger partial charge in [-0.2, -0.15) is 0 Å². The van der Waals surface area contributed by atoms with Gasteiger partial charge in [0, 0.05) is 67.4 Å². The van der Waals surface area contributed by atoms with E-state index in [1.807, 2.05) is 92.8 Å². The summed E-state index contributed by atoms with van der Waals surface area (Å²) in [5.41, 5.74) is 2.62. The number of aliphatic hydroxyl groups is 1. The molecular weight excluding hydrogens is 653 g/mol. The van der Waals surface area contributed by atoms with Crippen molar-refractivity contribution in [1.29, 1.82) is 0 Å². The van der Waals surface area contributed by atoms with Crippen LogP contribution in [0.15, 0.2) is 72.8 Å². The lowest BCUT2D eigenvalue weighted by Crippen LogP contribution is -2.46. The Hall–Kier alpha value is -4.36. The van der Waals surface area contributed by atoms with Crippen molar-refractivity contribution < 1.29 is 33.8 Å². The van der Waals surface area contributed by atoms with E-state index in [0.717, 1.165) is 16.8 Å². The average molecular weight is 697 g/mol. The number of carbonyl (C=O) groups excluding carboxylic acids is 4. The Labute approximate surface area is 293 Å². The molecule has 3 saturated heterocycles. The number of rotatable bonds is 11. The molecule has 3 fully saturated rings. The molecule has 262 valence electrons. The zero-order valence-corrected chi connectivity index (χ0v) is 29.7. The molecule has 2 N–H and O–H groups in total. The third-order valence-electron chi connectivity index (χ3n) is 10.9. The Kier molecular flexibility index (Phi) is 8.92. The van der Waals surface area contributed by atoms with Crippen molar-refractivity contribution in [3.63, 3.8) is 0 Å². The molecule has 4 amide bonds. The minimum Gasteiger partial charge on any atom is -0.432 e. The first-order chi connectivity index (χ1) is 23.9. The van der Waals surface area contributed by atoms with E-state index in [2.05, 4.69) is 0 Å². The van der Waals surface area contributed by atoms with Gasteiger partial charge in [-0.15, -0.1) is 0 Å². The van der Waals surface area contributed by atoms with Crippen molar-refractivity contribution in [2.75, 3.05) is 40.9 Å². The van der Waals surface area contributed by atoms with Gasteiger partial charge >= 0.3 is 0 Å². The van der Waals surface area contributed by atoms with E-state index in [1.54, 1.807) is 19.6 Å². The van der Waals surface area contributed by atoms with Gasteiger partial charge in [0.15, 0.2) is 13.9 Å². The van der Waals surface area contributed by atoms with Crippen LogP contribution < -0.4 is 14.7 Å². The van der Waals surface area contributed by atoms with Crippen LogP contribution in [0.25, 0.3) is 0 Å². The lowest BCUT2D eigenvalue weighted by molar-refractivity contribution is -0.150. The molecule has 4 aliphatic rings. The Bertz CT molecular complexity index is 1810. The fraction of sp³-hybridized carbons (Fsp3) is 0.421. The number of benzene rings is 3. The Morgan fingerprint density at radius 3 is 2.14 bits per heavy atom. The second-order valence-corrected chi connectivity index (χ2v) is 18.4. The highest BCUT2D eigenvalue weighted by Crippen LogP contribution is 2.60. The zero-order chi connectivity index (χ0) is 35.4. The smallest absolute Gasteiger partial charge is 0.264 e. The number of aliphatic hydroxyl groups excluding tert-OH is 1. The van der Waals surface area contributed by atoms with E-state index >= 15 is 0 Å². The van der Waals surface area contributed by atoms with Gasteiger partial charge in [0.1, 0.15) is 0 Å². The average Bonchev–Trinajstić information content (AvgIpc) is 3.50. The van der Waals surface area contributed by atoms with Gasteiger partial charge in [-0.1, -0.05) is 49.4 Å². The van der Waals surface area contributed by atoms with Crippen molar-refractivity contribution in [2.24, 2.45) is 5.92 Å². The quantitative estimate of drug-likeness (QED) is 0.230. The van der Waals surface area contributed by atoms with Gasteiger partial charge in [-0.05, 0) is 54.6 Å². The van der Waals surface area contributed by atoms with E-state index in [0.29, 0.717) is 49.4 Å². The van der Waals surface area contributed by atoms with Crippen LogP contribution in [0.3, 0.4) is 0 Å². The minimum absolute atomic E-state index is 0.00832.